The van der Waals surface area contributed by atoms with Gasteiger partial charge >= 0.3 is 0 Å². The van der Waals surface area contributed by atoms with Crippen molar-refractivity contribution >= 4 is 16.6 Å². The van der Waals surface area contributed by atoms with Gasteiger partial charge in [0.15, 0.2) is 0 Å². The Morgan fingerprint density at radius 3 is 2.88 bits per heavy atom. The second-order valence-corrected chi connectivity index (χ2v) is 6.51. The molecule has 0 aliphatic rings. The van der Waals surface area contributed by atoms with E-state index in [1.54, 1.807) is 0 Å². The number of H-pyrrole nitrogens is 1. The number of benzene rings is 2. The molecule has 0 spiro atoms. The van der Waals surface area contributed by atoms with Crippen molar-refractivity contribution in [2.45, 2.75) is 32.2 Å². The number of nitriles is 1. The Balaban J connectivity index is 1.64. The molecule has 134 valence electrons. The molecule has 0 unspecified atom stereocenters. The van der Waals surface area contributed by atoms with Crippen LogP contribution in [-0.4, -0.2) is 23.8 Å². The van der Waals surface area contributed by atoms with Crippen LogP contribution in [0, 0.1) is 11.3 Å². The zero-order valence-electron chi connectivity index (χ0n) is 15.2. The van der Waals surface area contributed by atoms with Gasteiger partial charge in [0.2, 0.25) is 0 Å². The molecular formula is C21H25N5. The summed E-state index contributed by atoms with van der Waals surface area (Å²) in [5, 5.41) is 24.4. The molecule has 0 fully saturated rings. The van der Waals surface area contributed by atoms with Gasteiger partial charge in [0.25, 0.3) is 0 Å². The van der Waals surface area contributed by atoms with E-state index in [0.29, 0.717) is 12.1 Å². The maximum absolute atomic E-state index is 9.01. The Morgan fingerprint density at radius 2 is 2.04 bits per heavy atom. The summed E-state index contributed by atoms with van der Waals surface area (Å²) in [6.07, 6.45) is 4.61. The van der Waals surface area contributed by atoms with E-state index >= 15 is 0 Å². The SMILES string of the molecule is CNCCCCCc1[nH]nc2ccc(NCc3cccc(C#N)c3)cc12. The van der Waals surface area contributed by atoms with Gasteiger partial charge in [-0.2, -0.15) is 10.4 Å². The number of nitrogens with one attached hydrogen (secondary N) is 3. The second kappa shape index (κ2) is 9.02. The van der Waals surface area contributed by atoms with Gasteiger partial charge in [-0.05, 0) is 68.8 Å². The topological polar surface area (TPSA) is 76.5 Å². The summed E-state index contributed by atoms with van der Waals surface area (Å²) >= 11 is 0. The Morgan fingerprint density at radius 1 is 1.12 bits per heavy atom. The van der Waals surface area contributed by atoms with E-state index in [1.165, 1.54) is 23.9 Å². The minimum atomic E-state index is 0.690. The molecule has 0 saturated carbocycles. The number of aromatic amines is 1. The number of hydrogen-bond donors (Lipinski definition) is 3. The number of nitrogens with zero attached hydrogens (tertiary/aromatic N) is 2. The van der Waals surface area contributed by atoms with Crippen molar-refractivity contribution in [3.05, 3.63) is 59.3 Å². The smallest absolute Gasteiger partial charge is 0.0991 e. The maximum atomic E-state index is 9.01. The van der Waals surface area contributed by atoms with Crippen LogP contribution in [0.4, 0.5) is 5.69 Å². The van der Waals surface area contributed by atoms with E-state index in [2.05, 4.69) is 33.0 Å². The van der Waals surface area contributed by atoms with Crippen molar-refractivity contribution in [3.63, 3.8) is 0 Å². The average Bonchev–Trinajstić information content (AvgIpc) is 3.09. The first-order valence-corrected chi connectivity index (χ1v) is 9.14. The highest BCUT2D eigenvalue weighted by Gasteiger charge is 2.06. The fraction of sp³-hybridized carbons (Fsp3) is 0.333. The molecule has 5 heteroatoms. The summed E-state index contributed by atoms with van der Waals surface area (Å²) in [6.45, 7) is 1.77. The van der Waals surface area contributed by atoms with Crippen LogP contribution in [-0.2, 0) is 13.0 Å². The maximum Gasteiger partial charge on any atom is 0.0991 e. The zero-order valence-corrected chi connectivity index (χ0v) is 15.2. The predicted octanol–water partition coefficient (Wildman–Crippen LogP) is 3.98. The number of aromatic nitrogens is 2. The zero-order chi connectivity index (χ0) is 18.2. The lowest BCUT2D eigenvalue weighted by Crippen LogP contribution is -2.07. The third-order valence-corrected chi connectivity index (χ3v) is 4.54. The fourth-order valence-electron chi connectivity index (χ4n) is 3.10. The number of rotatable bonds is 9. The lowest BCUT2D eigenvalue weighted by molar-refractivity contribution is 0.638. The number of hydrogen-bond acceptors (Lipinski definition) is 4. The highest BCUT2D eigenvalue weighted by atomic mass is 15.1. The van der Waals surface area contributed by atoms with Crippen molar-refractivity contribution in [2.24, 2.45) is 0 Å². The van der Waals surface area contributed by atoms with Crippen LogP contribution in [0.5, 0.6) is 0 Å². The molecule has 1 aromatic heterocycles. The molecular weight excluding hydrogens is 322 g/mol. The van der Waals surface area contributed by atoms with E-state index in [4.69, 9.17) is 5.26 Å². The van der Waals surface area contributed by atoms with Crippen molar-refractivity contribution in [1.29, 1.82) is 5.26 Å². The summed E-state index contributed by atoms with van der Waals surface area (Å²) in [4.78, 5) is 0. The van der Waals surface area contributed by atoms with Gasteiger partial charge in [-0.15, -0.1) is 0 Å². The summed E-state index contributed by atoms with van der Waals surface area (Å²) in [6, 6.07) is 16.1. The van der Waals surface area contributed by atoms with Crippen molar-refractivity contribution in [3.8, 4) is 6.07 Å². The highest BCUT2D eigenvalue weighted by Crippen LogP contribution is 2.22. The van der Waals surface area contributed by atoms with Gasteiger partial charge in [0.05, 0.1) is 17.1 Å². The summed E-state index contributed by atoms with van der Waals surface area (Å²) in [5.74, 6) is 0. The predicted molar refractivity (Wildman–Crippen MR) is 106 cm³/mol. The largest absolute Gasteiger partial charge is 0.381 e. The van der Waals surface area contributed by atoms with Crippen LogP contribution >= 0.6 is 0 Å². The van der Waals surface area contributed by atoms with Gasteiger partial charge in [-0.25, -0.2) is 0 Å². The Labute approximate surface area is 154 Å². The molecule has 5 nitrogen and oxygen atoms in total. The van der Waals surface area contributed by atoms with Crippen molar-refractivity contribution < 1.29 is 0 Å². The van der Waals surface area contributed by atoms with Crippen molar-refractivity contribution in [2.75, 3.05) is 18.9 Å². The first-order valence-electron chi connectivity index (χ1n) is 9.14. The number of fused-ring (bicyclic) bond motifs is 1. The van der Waals surface area contributed by atoms with Crippen LogP contribution in [0.15, 0.2) is 42.5 Å². The molecule has 0 atom stereocenters. The van der Waals surface area contributed by atoms with Gasteiger partial charge in [-0.1, -0.05) is 18.6 Å². The standard InChI is InChI=1S/C21H25N5/c1-23-11-4-2-3-8-20-19-13-18(9-10-21(19)26-25-20)24-15-17-7-5-6-16(12-17)14-22/h5-7,9-10,12-13,23-24H,2-4,8,11,15H2,1H3,(H,25,26). The van der Waals surface area contributed by atoms with E-state index in [9.17, 15) is 0 Å². The Hall–Kier alpha value is -2.84. The van der Waals surface area contributed by atoms with E-state index in [-0.39, 0.29) is 0 Å². The first-order chi connectivity index (χ1) is 12.8. The average molecular weight is 347 g/mol. The molecule has 2 aromatic carbocycles. The molecule has 0 aliphatic heterocycles. The Kier molecular flexibility index (Phi) is 6.24. The first kappa shape index (κ1) is 18.0. The normalized spacial score (nSPS) is 10.8. The molecule has 3 aromatic rings. The van der Waals surface area contributed by atoms with Gasteiger partial charge < -0.3 is 10.6 Å². The quantitative estimate of drug-likeness (QED) is 0.512. The second-order valence-electron chi connectivity index (χ2n) is 6.51. The molecule has 0 radical (unpaired) electrons. The minimum Gasteiger partial charge on any atom is -0.381 e. The lowest BCUT2D eigenvalue weighted by Gasteiger charge is -2.07. The molecule has 3 N–H and O–H groups in total. The molecule has 0 amide bonds. The third kappa shape index (κ3) is 4.62. The van der Waals surface area contributed by atoms with Crippen LogP contribution < -0.4 is 10.6 Å². The van der Waals surface area contributed by atoms with E-state index < -0.39 is 0 Å². The number of anilines is 1. The number of aryl methyl sites for hydroxylation is 1. The molecule has 0 saturated heterocycles. The molecule has 1 heterocycles. The summed E-state index contributed by atoms with van der Waals surface area (Å²) in [7, 11) is 1.99. The lowest BCUT2D eigenvalue weighted by atomic mass is 10.1. The summed E-state index contributed by atoms with van der Waals surface area (Å²) in [5.41, 5.74) is 5.07. The van der Waals surface area contributed by atoms with Crippen LogP contribution in [0.2, 0.25) is 0 Å². The third-order valence-electron chi connectivity index (χ3n) is 4.54. The fourth-order valence-corrected chi connectivity index (χ4v) is 3.10. The number of unbranched alkanes of at least 4 members (excludes halogenated alkanes) is 2. The van der Waals surface area contributed by atoms with Gasteiger partial charge in [0, 0.05) is 23.3 Å². The molecule has 3 rings (SSSR count). The van der Waals surface area contributed by atoms with E-state index in [0.717, 1.165) is 36.2 Å². The van der Waals surface area contributed by atoms with Gasteiger partial charge in [0.1, 0.15) is 0 Å². The molecule has 0 aliphatic carbocycles. The molecule has 26 heavy (non-hydrogen) atoms. The van der Waals surface area contributed by atoms with E-state index in [1.807, 2.05) is 43.4 Å². The Bertz CT molecular complexity index is 891. The highest BCUT2D eigenvalue weighted by molar-refractivity contribution is 5.84. The molecule has 0 bridgehead atoms. The summed E-state index contributed by atoms with van der Waals surface area (Å²) < 4.78 is 0. The van der Waals surface area contributed by atoms with Crippen molar-refractivity contribution in [1.82, 2.24) is 15.5 Å². The minimum absolute atomic E-state index is 0.690. The monoisotopic (exact) mass is 347 g/mol. The van der Waals surface area contributed by atoms with Crippen LogP contribution in [0.25, 0.3) is 10.9 Å². The van der Waals surface area contributed by atoms with Crippen LogP contribution in [0.1, 0.15) is 36.1 Å². The van der Waals surface area contributed by atoms with Gasteiger partial charge in [-0.3, -0.25) is 5.10 Å². The van der Waals surface area contributed by atoms with Crippen LogP contribution in [0.3, 0.4) is 0 Å².